The minimum atomic E-state index is -3.67. The summed E-state index contributed by atoms with van der Waals surface area (Å²) in [4.78, 5) is 36.3. The Labute approximate surface area is 261 Å². The summed E-state index contributed by atoms with van der Waals surface area (Å²) in [6.45, 7) is 4.86. The van der Waals surface area contributed by atoms with Crippen LogP contribution in [0.5, 0.6) is 5.75 Å². The highest BCUT2D eigenvalue weighted by molar-refractivity contribution is 7.91. The number of nitrogen functional groups attached to an aromatic ring is 1. The Bertz CT molecular complexity index is 1900. The largest absolute Gasteiger partial charge is 0.494 e. The van der Waals surface area contributed by atoms with E-state index in [9.17, 15) is 18.0 Å². The molecule has 0 aliphatic rings. The molecule has 4 aromatic rings. The molecular formula is C31H35N7O6S. The minimum Gasteiger partial charge on any atom is -0.494 e. The van der Waals surface area contributed by atoms with Crippen LogP contribution in [-0.2, 0) is 24.2 Å². The standard InChI is InChI=1S/C31H35N7O6S/c1-7-29(39)44-30(40)11-9-20-8-10-24-21(16-20)27(45(6,41)42)19-38(24)28-12-13-33-31(35-28)34-23-17-22(32)25(18-26(23)43-5)37(4)15-14-36(2)3/h7-13,16-19H,1,14-15,32H2,2-6H3,(H,33,34,35)/b11-9+. The Kier molecular flexibility index (Phi) is 9.89. The first-order valence-corrected chi connectivity index (χ1v) is 15.5. The van der Waals surface area contributed by atoms with E-state index < -0.39 is 21.8 Å². The maximum Gasteiger partial charge on any atom is 0.338 e. The van der Waals surface area contributed by atoms with Crippen molar-refractivity contribution in [3.05, 3.63) is 73.1 Å². The van der Waals surface area contributed by atoms with Crippen LogP contribution in [0.2, 0.25) is 0 Å². The van der Waals surface area contributed by atoms with E-state index in [1.54, 1.807) is 48.2 Å². The quantitative estimate of drug-likeness (QED) is 0.101. The molecule has 0 spiro atoms. The van der Waals surface area contributed by atoms with Crippen LogP contribution in [0.4, 0.5) is 23.0 Å². The van der Waals surface area contributed by atoms with Gasteiger partial charge >= 0.3 is 11.9 Å². The molecule has 45 heavy (non-hydrogen) atoms. The first-order valence-electron chi connectivity index (χ1n) is 13.7. The number of nitrogens with two attached hydrogens (primary N) is 1. The zero-order chi connectivity index (χ0) is 32.9. The molecule has 0 atom stereocenters. The molecular weight excluding hydrogens is 598 g/mol. The lowest BCUT2D eigenvalue weighted by Gasteiger charge is -2.24. The van der Waals surface area contributed by atoms with Crippen molar-refractivity contribution in [1.82, 2.24) is 19.4 Å². The van der Waals surface area contributed by atoms with Gasteiger partial charge in [-0.15, -0.1) is 0 Å². The van der Waals surface area contributed by atoms with Crippen molar-refractivity contribution in [3.8, 4) is 11.6 Å². The van der Waals surface area contributed by atoms with Crippen LogP contribution in [0, 0.1) is 0 Å². The lowest BCUT2D eigenvalue weighted by molar-refractivity contribution is -0.152. The summed E-state index contributed by atoms with van der Waals surface area (Å²) < 4.78 is 37.3. The fraction of sp³-hybridized carbons (Fsp3) is 0.226. The van der Waals surface area contributed by atoms with E-state index in [1.165, 1.54) is 12.3 Å². The predicted octanol–water partition coefficient (Wildman–Crippen LogP) is 3.43. The Morgan fingerprint density at radius 3 is 2.53 bits per heavy atom. The number of fused-ring (bicyclic) bond motifs is 1. The smallest absolute Gasteiger partial charge is 0.338 e. The van der Waals surface area contributed by atoms with E-state index in [4.69, 9.17) is 10.5 Å². The highest BCUT2D eigenvalue weighted by atomic mass is 32.2. The number of carbonyl (C=O) groups excluding carboxylic acids is 2. The Morgan fingerprint density at radius 1 is 1.11 bits per heavy atom. The second kappa shape index (κ2) is 13.6. The summed E-state index contributed by atoms with van der Waals surface area (Å²) in [7, 11) is 3.86. The summed E-state index contributed by atoms with van der Waals surface area (Å²) in [5.74, 6) is -0.597. The number of carbonyl (C=O) groups is 2. The normalized spacial score (nSPS) is 11.6. The Morgan fingerprint density at radius 2 is 1.87 bits per heavy atom. The minimum absolute atomic E-state index is 0.0636. The van der Waals surface area contributed by atoms with Crippen molar-refractivity contribution in [2.75, 3.05) is 63.5 Å². The molecule has 0 aliphatic carbocycles. The molecule has 2 aromatic carbocycles. The van der Waals surface area contributed by atoms with Crippen LogP contribution in [0.3, 0.4) is 0 Å². The molecule has 14 heteroatoms. The highest BCUT2D eigenvalue weighted by Crippen LogP contribution is 2.36. The molecule has 13 nitrogen and oxygen atoms in total. The van der Waals surface area contributed by atoms with Crippen molar-refractivity contribution in [3.63, 3.8) is 0 Å². The number of likely N-dealkylation sites (N-methyl/N-ethyl adjacent to an activating group) is 2. The number of hydrogen-bond acceptors (Lipinski definition) is 12. The van der Waals surface area contributed by atoms with Crippen molar-refractivity contribution in [2.24, 2.45) is 0 Å². The number of aromatic nitrogens is 3. The average molecular weight is 634 g/mol. The van der Waals surface area contributed by atoms with Gasteiger partial charge in [-0.25, -0.2) is 23.0 Å². The second-order valence-corrected chi connectivity index (χ2v) is 12.4. The van der Waals surface area contributed by atoms with Crippen LogP contribution in [0.15, 0.2) is 72.4 Å². The molecule has 0 amide bonds. The lowest BCUT2D eigenvalue weighted by atomic mass is 10.1. The van der Waals surface area contributed by atoms with Gasteiger partial charge in [-0.3, -0.25) is 4.57 Å². The second-order valence-electron chi connectivity index (χ2n) is 10.4. The number of benzene rings is 2. The van der Waals surface area contributed by atoms with Crippen molar-refractivity contribution >= 4 is 61.8 Å². The number of hydrogen-bond donors (Lipinski definition) is 2. The molecule has 2 heterocycles. The van der Waals surface area contributed by atoms with Crippen LogP contribution < -0.4 is 20.7 Å². The fourth-order valence-corrected chi connectivity index (χ4v) is 5.32. The number of nitrogens with zero attached hydrogens (tertiary/aromatic N) is 5. The third-order valence-corrected chi connectivity index (χ3v) is 7.87. The van der Waals surface area contributed by atoms with Crippen molar-refractivity contribution in [1.29, 1.82) is 0 Å². The topological polar surface area (TPSA) is 162 Å². The van der Waals surface area contributed by atoms with Crippen LogP contribution >= 0.6 is 0 Å². The van der Waals surface area contributed by atoms with Gasteiger partial charge in [0.1, 0.15) is 11.6 Å². The molecule has 0 fully saturated rings. The fourth-order valence-electron chi connectivity index (χ4n) is 4.46. The number of rotatable bonds is 12. The van der Waals surface area contributed by atoms with E-state index in [0.29, 0.717) is 39.4 Å². The van der Waals surface area contributed by atoms with Gasteiger partial charge in [-0.05, 0) is 50.0 Å². The molecule has 0 radical (unpaired) electrons. The van der Waals surface area contributed by atoms with E-state index in [-0.39, 0.29) is 10.8 Å². The summed E-state index contributed by atoms with van der Waals surface area (Å²) in [5, 5.41) is 3.57. The first-order chi connectivity index (χ1) is 21.3. The number of ether oxygens (including phenoxy) is 2. The van der Waals surface area contributed by atoms with Crippen LogP contribution in [0.25, 0.3) is 22.8 Å². The van der Waals surface area contributed by atoms with Gasteiger partial charge in [0, 0.05) is 62.4 Å². The maximum atomic E-state index is 12.8. The average Bonchev–Trinajstić information content (AvgIpc) is 3.39. The molecule has 3 N–H and O–H groups in total. The molecule has 0 unspecified atom stereocenters. The summed E-state index contributed by atoms with van der Waals surface area (Å²) in [5.41, 5.74) is 9.38. The van der Waals surface area contributed by atoms with Gasteiger partial charge in [0.2, 0.25) is 5.95 Å². The number of methoxy groups -OCH3 is 1. The van der Waals surface area contributed by atoms with E-state index >= 15 is 0 Å². The van der Waals surface area contributed by atoms with E-state index in [1.807, 2.05) is 32.1 Å². The molecule has 0 bridgehead atoms. The van der Waals surface area contributed by atoms with E-state index in [2.05, 4.69) is 31.5 Å². The van der Waals surface area contributed by atoms with E-state index in [0.717, 1.165) is 37.2 Å². The van der Waals surface area contributed by atoms with Gasteiger partial charge in [-0.2, -0.15) is 4.98 Å². The molecule has 0 aliphatic heterocycles. The SMILES string of the molecule is C=CC(=O)OC(=O)/C=C/c1ccc2c(c1)c(S(C)(=O)=O)cn2-c1ccnc(Nc2cc(N)c(N(C)CCN(C)C)cc2OC)n1. The first kappa shape index (κ1) is 32.7. The van der Waals surface area contributed by atoms with Gasteiger partial charge < -0.3 is 30.3 Å². The summed E-state index contributed by atoms with van der Waals surface area (Å²) in [6, 6.07) is 10.3. The maximum absolute atomic E-state index is 12.8. The zero-order valence-corrected chi connectivity index (χ0v) is 26.5. The third-order valence-electron chi connectivity index (χ3n) is 6.75. The Balaban J connectivity index is 1.68. The summed E-state index contributed by atoms with van der Waals surface area (Å²) in [6.07, 6.45) is 7.49. The van der Waals surface area contributed by atoms with Crippen LogP contribution in [0.1, 0.15) is 5.56 Å². The molecule has 2 aromatic heterocycles. The monoisotopic (exact) mass is 633 g/mol. The van der Waals surface area contributed by atoms with Gasteiger partial charge in [0.25, 0.3) is 0 Å². The molecule has 0 saturated heterocycles. The van der Waals surface area contributed by atoms with Crippen molar-refractivity contribution < 1.29 is 27.5 Å². The van der Waals surface area contributed by atoms with Gasteiger partial charge in [-0.1, -0.05) is 12.6 Å². The van der Waals surface area contributed by atoms with Crippen LogP contribution in [-0.4, -0.2) is 87.4 Å². The Hall–Kier alpha value is -5.21. The highest BCUT2D eigenvalue weighted by Gasteiger charge is 2.19. The summed E-state index contributed by atoms with van der Waals surface area (Å²) >= 11 is 0. The number of sulfone groups is 1. The zero-order valence-electron chi connectivity index (χ0n) is 25.6. The number of anilines is 4. The van der Waals surface area contributed by atoms with Gasteiger partial charge in [0.15, 0.2) is 9.84 Å². The lowest BCUT2D eigenvalue weighted by Crippen LogP contribution is -2.29. The predicted molar refractivity (Wildman–Crippen MR) is 175 cm³/mol. The molecule has 4 rings (SSSR count). The van der Waals surface area contributed by atoms with Gasteiger partial charge in [0.05, 0.1) is 34.6 Å². The third kappa shape index (κ3) is 7.85. The molecule has 236 valence electrons. The van der Waals surface area contributed by atoms with Crippen molar-refractivity contribution in [2.45, 2.75) is 4.90 Å². The number of esters is 2. The molecule has 0 saturated carbocycles. The number of nitrogens with one attached hydrogen (secondary N) is 1.